The van der Waals surface area contributed by atoms with Gasteiger partial charge in [0, 0.05) is 30.5 Å². The van der Waals surface area contributed by atoms with Gasteiger partial charge in [0.15, 0.2) is 0 Å². The van der Waals surface area contributed by atoms with Gasteiger partial charge in [0.25, 0.3) is 0 Å². The third kappa shape index (κ3) is 2.57. The molecule has 140 valence electrons. The molecule has 1 spiro atoms. The van der Waals surface area contributed by atoms with Gasteiger partial charge in [-0.2, -0.15) is 10.2 Å². The van der Waals surface area contributed by atoms with Crippen molar-refractivity contribution in [3.05, 3.63) is 35.7 Å². The quantitative estimate of drug-likeness (QED) is 0.689. The molecule has 1 saturated carbocycles. The molecule has 0 N–H and O–H groups in total. The predicted molar refractivity (Wildman–Crippen MR) is 105 cm³/mol. The normalized spacial score (nSPS) is 21.7. The first-order valence-electron chi connectivity index (χ1n) is 9.75. The zero-order valence-corrected chi connectivity index (χ0v) is 15.9. The number of aromatic nitrogens is 4. The topological polar surface area (TPSA) is 48.1 Å². The van der Waals surface area contributed by atoms with Gasteiger partial charge >= 0.3 is 0 Å². The molecule has 0 unspecified atom stereocenters. The van der Waals surface area contributed by atoms with Crippen LogP contribution in [-0.2, 0) is 4.74 Å². The molecule has 0 bridgehead atoms. The Balaban J connectivity index is 1.34. The van der Waals surface area contributed by atoms with Crippen molar-refractivity contribution in [1.29, 1.82) is 0 Å². The molecule has 27 heavy (non-hydrogen) atoms. The monoisotopic (exact) mass is 383 g/mol. The number of nitrogens with zero attached hydrogens (tertiary/aromatic N) is 5. The van der Waals surface area contributed by atoms with Crippen molar-refractivity contribution in [2.45, 2.75) is 31.7 Å². The largest absolute Gasteiger partial charge is 0.381 e. The highest BCUT2D eigenvalue weighted by atomic mass is 35.5. The Morgan fingerprint density at radius 3 is 2.81 bits per heavy atom. The van der Waals surface area contributed by atoms with E-state index in [1.807, 2.05) is 23.1 Å². The summed E-state index contributed by atoms with van der Waals surface area (Å²) in [6.45, 7) is 3.82. The molecule has 6 rings (SSSR count). The van der Waals surface area contributed by atoms with Crippen molar-refractivity contribution in [3.63, 3.8) is 0 Å². The van der Waals surface area contributed by atoms with Crippen LogP contribution in [0.5, 0.6) is 0 Å². The zero-order valence-electron chi connectivity index (χ0n) is 15.1. The van der Waals surface area contributed by atoms with Crippen LogP contribution in [-0.4, -0.2) is 45.9 Å². The van der Waals surface area contributed by atoms with E-state index in [0.29, 0.717) is 11.5 Å². The van der Waals surface area contributed by atoms with Crippen molar-refractivity contribution < 1.29 is 4.74 Å². The SMILES string of the molecule is Clc1cc2cnn(-c3cnn(C4CC4)c3)c2cc1N1CC2(CCCOC2)C1. The molecular formula is C20H22ClN5O. The molecule has 0 atom stereocenters. The average Bonchev–Trinajstić information content (AvgIpc) is 3.25. The van der Waals surface area contributed by atoms with Gasteiger partial charge in [-0.3, -0.25) is 4.68 Å². The number of hydrogen-bond acceptors (Lipinski definition) is 4. The third-order valence-corrected chi connectivity index (χ3v) is 6.49. The summed E-state index contributed by atoms with van der Waals surface area (Å²) in [4.78, 5) is 2.38. The number of anilines is 1. The first kappa shape index (κ1) is 16.0. The van der Waals surface area contributed by atoms with Crippen LogP contribution in [0.2, 0.25) is 5.02 Å². The Morgan fingerprint density at radius 1 is 1.15 bits per heavy atom. The summed E-state index contributed by atoms with van der Waals surface area (Å²) in [5.74, 6) is 0. The minimum atomic E-state index is 0.322. The molecule has 1 aliphatic carbocycles. The lowest BCUT2D eigenvalue weighted by molar-refractivity contribution is -0.0234. The molecule has 0 amide bonds. The van der Waals surface area contributed by atoms with Gasteiger partial charge in [0.05, 0.1) is 47.5 Å². The molecule has 7 heteroatoms. The van der Waals surface area contributed by atoms with Crippen LogP contribution < -0.4 is 4.90 Å². The van der Waals surface area contributed by atoms with Crippen LogP contribution in [0.4, 0.5) is 5.69 Å². The highest BCUT2D eigenvalue weighted by Crippen LogP contribution is 2.43. The van der Waals surface area contributed by atoms with Crippen LogP contribution in [0.25, 0.3) is 16.6 Å². The summed E-state index contributed by atoms with van der Waals surface area (Å²) in [5.41, 5.74) is 3.50. The Morgan fingerprint density at radius 2 is 2.04 bits per heavy atom. The second-order valence-corrected chi connectivity index (χ2v) is 8.75. The van der Waals surface area contributed by atoms with Gasteiger partial charge in [-0.1, -0.05) is 11.6 Å². The summed E-state index contributed by atoms with van der Waals surface area (Å²) < 4.78 is 9.75. The lowest BCUT2D eigenvalue weighted by Gasteiger charge is -2.53. The van der Waals surface area contributed by atoms with Crippen molar-refractivity contribution >= 4 is 28.2 Å². The lowest BCUT2D eigenvalue weighted by atomic mass is 9.75. The number of ether oxygens (including phenoxy) is 1. The highest BCUT2D eigenvalue weighted by molar-refractivity contribution is 6.34. The Bertz CT molecular complexity index is 1010. The predicted octanol–water partition coefficient (Wildman–Crippen LogP) is 3.83. The maximum absolute atomic E-state index is 6.62. The van der Waals surface area contributed by atoms with Gasteiger partial charge in [-0.25, -0.2) is 4.68 Å². The van der Waals surface area contributed by atoms with E-state index in [0.717, 1.165) is 53.6 Å². The van der Waals surface area contributed by atoms with Crippen molar-refractivity contribution in [2.75, 3.05) is 31.2 Å². The summed E-state index contributed by atoms with van der Waals surface area (Å²) in [5, 5.41) is 10.9. The van der Waals surface area contributed by atoms with Crippen molar-refractivity contribution in [1.82, 2.24) is 19.6 Å². The Labute approximate surface area is 162 Å². The van der Waals surface area contributed by atoms with E-state index in [1.54, 1.807) is 0 Å². The number of halogens is 1. The summed E-state index contributed by atoms with van der Waals surface area (Å²) in [7, 11) is 0. The molecule has 0 radical (unpaired) electrons. The van der Waals surface area contributed by atoms with Crippen LogP contribution in [0.15, 0.2) is 30.7 Å². The summed E-state index contributed by atoms with van der Waals surface area (Å²) in [6.07, 6.45) is 10.7. The molecule has 6 nitrogen and oxygen atoms in total. The molecule has 3 fully saturated rings. The number of rotatable bonds is 3. The number of hydrogen-bond donors (Lipinski definition) is 0. The van der Waals surface area contributed by atoms with Crippen molar-refractivity contribution in [3.8, 4) is 5.69 Å². The van der Waals surface area contributed by atoms with E-state index in [2.05, 4.69) is 32.0 Å². The minimum Gasteiger partial charge on any atom is -0.381 e. The van der Waals surface area contributed by atoms with E-state index in [9.17, 15) is 0 Å². The van der Waals surface area contributed by atoms with Crippen LogP contribution >= 0.6 is 11.6 Å². The lowest BCUT2D eigenvalue weighted by Crippen LogP contribution is -2.60. The van der Waals surface area contributed by atoms with Crippen molar-refractivity contribution in [2.24, 2.45) is 5.41 Å². The van der Waals surface area contributed by atoms with Crippen LogP contribution in [0.1, 0.15) is 31.7 Å². The molecule has 4 heterocycles. The smallest absolute Gasteiger partial charge is 0.103 e. The third-order valence-electron chi connectivity index (χ3n) is 6.19. The zero-order chi connectivity index (χ0) is 18.0. The van der Waals surface area contributed by atoms with Gasteiger partial charge in [-0.05, 0) is 37.8 Å². The second-order valence-electron chi connectivity index (χ2n) is 8.34. The molecule has 2 saturated heterocycles. The second kappa shape index (κ2) is 5.72. The van der Waals surface area contributed by atoms with E-state index < -0.39 is 0 Å². The summed E-state index contributed by atoms with van der Waals surface area (Å²) in [6, 6.07) is 4.78. The molecule has 3 aliphatic rings. The van der Waals surface area contributed by atoms with Crippen LogP contribution in [0, 0.1) is 5.41 Å². The number of fused-ring (bicyclic) bond motifs is 1. The fourth-order valence-corrected chi connectivity index (χ4v) is 4.84. The van der Waals surface area contributed by atoms with Crippen LogP contribution in [0.3, 0.4) is 0 Å². The van der Waals surface area contributed by atoms with E-state index in [-0.39, 0.29) is 0 Å². The maximum atomic E-state index is 6.62. The van der Waals surface area contributed by atoms with E-state index >= 15 is 0 Å². The fourth-order valence-electron chi connectivity index (χ4n) is 4.55. The summed E-state index contributed by atoms with van der Waals surface area (Å²) >= 11 is 6.62. The molecule has 2 aliphatic heterocycles. The molecule has 3 aromatic rings. The van der Waals surface area contributed by atoms with Gasteiger partial charge in [-0.15, -0.1) is 0 Å². The highest BCUT2D eigenvalue weighted by Gasteiger charge is 2.44. The standard InChI is InChI=1S/C20H22ClN5O/c21-17-6-14-8-23-26(16-9-22-25(10-16)15-2-3-15)18(14)7-19(17)24-11-20(12-24)4-1-5-27-13-20/h6-10,15H,1-5,11-13H2. The van der Waals surface area contributed by atoms with E-state index in [1.165, 1.54) is 25.7 Å². The Kier molecular flexibility index (Phi) is 3.38. The van der Waals surface area contributed by atoms with Gasteiger partial charge < -0.3 is 9.64 Å². The average molecular weight is 384 g/mol. The minimum absolute atomic E-state index is 0.322. The first-order valence-corrected chi connectivity index (χ1v) is 10.1. The fraction of sp³-hybridized carbons (Fsp3) is 0.500. The molecule has 1 aromatic carbocycles. The maximum Gasteiger partial charge on any atom is 0.103 e. The van der Waals surface area contributed by atoms with E-state index in [4.69, 9.17) is 16.3 Å². The van der Waals surface area contributed by atoms with Gasteiger partial charge in [0.2, 0.25) is 0 Å². The Hall–Kier alpha value is -2.05. The first-order chi connectivity index (χ1) is 13.2. The molecular weight excluding hydrogens is 362 g/mol. The van der Waals surface area contributed by atoms with Gasteiger partial charge in [0.1, 0.15) is 5.69 Å². The number of benzene rings is 1. The molecule has 2 aromatic heterocycles.